The van der Waals surface area contributed by atoms with Crippen LogP contribution in [0.3, 0.4) is 0 Å². The van der Waals surface area contributed by atoms with E-state index in [0.717, 1.165) is 0 Å². The average Bonchev–Trinajstić information content (AvgIpc) is 3.60. The van der Waals surface area contributed by atoms with Crippen molar-refractivity contribution in [3.8, 4) is 0 Å². The number of urea groups is 6. The number of hydrogen-bond acceptors (Lipinski definition) is 8. The minimum atomic E-state index is -1.25. The Morgan fingerprint density at radius 3 is 0.886 bits per heavy atom. The van der Waals surface area contributed by atoms with E-state index in [9.17, 15) is 28.8 Å². The molecule has 234 valence electrons. The zero-order chi connectivity index (χ0) is 30.6. The summed E-state index contributed by atoms with van der Waals surface area (Å²) in [4.78, 5) is 102. The van der Waals surface area contributed by atoms with Crippen LogP contribution in [0, 0.1) is 0 Å². The number of amides is 12. The Morgan fingerprint density at radius 1 is 0.409 bits per heavy atom. The fraction of sp³-hybridized carbons (Fsp3) is 0.750. The molecule has 0 saturated carbocycles. The van der Waals surface area contributed by atoms with Gasteiger partial charge in [-0.3, -0.25) is 58.8 Å². The molecule has 0 aromatic heterocycles. The van der Waals surface area contributed by atoms with E-state index < -0.39 is 71.2 Å². The summed E-state index contributed by atoms with van der Waals surface area (Å²) in [7, 11) is 0. The van der Waals surface area contributed by atoms with Crippen molar-refractivity contribution < 1.29 is 38.2 Å². The largest absolute Gasteiger partial charge is 0.340 e. The van der Waals surface area contributed by atoms with Gasteiger partial charge in [-0.05, 0) is 27.7 Å². The Hall–Kier alpha value is -4.46. The van der Waals surface area contributed by atoms with Crippen LogP contribution in [0.4, 0.5) is 28.8 Å². The van der Waals surface area contributed by atoms with Crippen LogP contribution >= 0.6 is 0 Å². The molecule has 10 fully saturated rings. The maximum atomic E-state index is 14.4. The first-order chi connectivity index (χ1) is 20.8. The Morgan fingerprint density at radius 2 is 0.636 bits per heavy atom. The normalized spacial score (nSPS) is 43.1. The van der Waals surface area contributed by atoms with Gasteiger partial charge in [0.1, 0.15) is 53.6 Å². The molecule has 10 aliphatic heterocycles. The summed E-state index contributed by atoms with van der Waals surface area (Å²) in [5.41, 5.74) is -4.75. The molecule has 0 unspecified atom stereocenters. The number of ether oxygens (including phenoxy) is 2. The maximum Gasteiger partial charge on any atom is 0.327 e. The van der Waals surface area contributed by atoms with Gasteiger partial charge in [0.05, 0.1) is 0 Å². The lowest BCUT2D eigenvalue weighted by atomic mass is 9.95. The maximum absolute atomic E-state index is 14.4. The van der Waals surface area contributed by atoms with E-state index in [-0.39, 0.29) is 53.6 Å². The molecule has 10 rings (SSSR count). The summed E-state index contributed by atoms with van der Waals surface area (Å²) < 4.78 is 11.2. The molecular weight excluding hydrogens is 584 g/mol. The first-order valence-corrected chi connectivity index (χ1v) is 14.5. The lowest BCUT2D eigenvalue weighted by molar-refractivity contribution is -0.163. The van der Waals surface area contributed by atoms with Gasteiger partial charge in [0.15, 0.2) is 35.0 Å². The van der Waals surface area contributed by atoms with E-state index >= 15 is 0 Å². The van der Waals surface area contributed by atoms with Crippen molar-refractivity contribution in [3.63, 3.8) is 0 Å². The van der Waals surface area contributed by atoms with Crippen molar-refractivity contribution in [1.82, 2.24) is 58.8 Å². The third-order valence-corrected chi connectivity index (χ3v) is 12.4. The van der Waals surface area contributed by atoms with E-state index in [4.69, 9.17) is 9.47 Å². The lowest BCUT2D eigenvalue weighted by Crippen LogP contribution is -2.71. The van der Waals surface area contributed by atoms with Gasteiger partial charge in [-0.15, -0.1) is 0 Å². The topological polar surface area (TPSA) is 160 Å². The highest BCUT2D eigenvalue weighted by molar-refractivity contribution is 5.93. The third kappa shape index (κ3) is 2.02. The van der Waals surface area contributed by atoms with Crippen molar-refractivity contribution >= 4 is 36.2 Å². The molecule has 20 heteroatoms. The van der Waals surface area contributed by atoms with E-state index in [1.165, 1.54) is 58.8 Å². The van der Waals surface area contributed by atoms with Crippen LogP contribution in [0.15, 0.2) is 0 Å². The van der Waals surface area contributed by atoms with E-state index in [1.54, 1.807) is 27.7 Å². The third-order valence-electron chi connectivity index (χ3n) is 12.4. The summed E-state index contributed by atoms with van der Waals surface area (Å²) >= 11 is 0. The van der Waals surface area contributed by atoms with Crippen molar-refractivity contribution in [1.29, 1.82) is 0 Å². The SMILES string of the molecule is C[C@]12N3COCN1C(=O)N1CN4C(=O)N5CN6C(=O)N7COCN8C(=O)N(CN9C(=O)N(CN(C3=O)[C@]12C)[C@@H]4[C@H]95)[C@]6(C)[C@@]78C. The second-order valence-electron chi connectivity index (χ2n) is 13.4. The Kier molecular flexibility index (Phi) is 3.84. The van der Waals surface area contributed by atoms with Gasteiger partial charge in [0.25, 0.3) is 0 Å². The van der Waals surface area contributed by atoms with Gasteiger partial charge in [0, 0.05) is 0 Å². The molecular formula is C24H30N12O8. The number of carbonyl (C=O) groups is 6. The first-order valence-electron chi connectivity index (χ1n) is 14.5. The van der Waals surface area contributed by atoms with Gasteiger partial charge >= 0.3 is 36.2 Å². The summed E-state index contributed by atoms with van der Waals surface area (Å²) in [6.07, 6.45) is -1.80. The summed E-state index contributed by atoms with van der Waals surface area (Å²) in [6, 6.07) is -2.57. The second kappa shape index (κ2) is 6.77. The highest BCUT2D eigenvalue weighted by atomic mass is 16.5. The molecule has 0 N–H and O–H groups in total. The van der Waals surface area contributed by atoms with Crippen molar-refractivity contribution in [2.45, 2.75) is 62.7 Å². The van der Waals surface area contributed by atoms with Crippen LogP contribution in [0.1, 0.15) is 27.7 Å². The highest BCUT2D eigenvalue weighted by Crippen LogP contribution is 2.57. The number of rotatable bonds is 0. The van der Waals surface area contributed by atoms with Crippen LogP contribution in [0.2, 0.25) is 0 Å². The van der Waals surface area contributed by atoms with Crippen LogP contribution < -0.4 is 0 Å². The van der Waals surface area contributed by atoms with Crippen LogP contribution in [-0.4, -0.2) is 184 Å². The van der Waals surface area contributed by atoms with Crippen LogP contribution in [0.5, 0.6) is 0 Å². The summed E-state index contributed by atoms with van der Waals surface area (Å²) in [5, 5.41) is 0. The van der Waals surface area contributed by atoms with Crippen LogP contribution in [0.25, 0.3) is 0 Å². The molecule has 0 atom stereocenters. The minimum absolute atomic E-state index is 0.0306. The quantitative estimate of drug-likeness (QED) is 0.325. The molecule has 10 aliphatic rings. The van der Waals surface area contributed by atoms with Gasteiger partial charge in [0.2, 0.25) is 0 Å². The molecule has 0 bridgehead atoms. The van der Waals surface area contributed by atoms with Crippen LogP contribution in [-0.2, 0) is 9.47 Å². The minimum Gasteiger partial charge on any atom is -0.340 e. The molecule has 0 aromatic rings. The smallest absolute Gasteiger partial charge is 0.327 e. The van der Waals surface area contributed by atoms with Gasteiger partial charge < -0.3 is 9.47 Å². The van der Waals surface area contributed by atoms with Gasteiger partial charge in [-0.25, -0.2) is 28.8 Å². The predicted molar refractivity (Wildman–Crippen MR) is 137 cm³/mol. The summed E-state index contributed by atoms with van der Waals surface area (Å²) in [6.45, 7) is 6.15. The predicted octanol–water partition coefficient (Wildman–Crippen LogP) is -1.32. The Balaban J connectivity index is 1.13. The van der Waals surface area contributed by atoms with Crippen molar-refractivity contribution in [2.75, 3.05) is 53.6 Å². The van der Waals surface area contributed by atoms with Gasteiger partial charge in [-0.2, -0.15) is 0 Å². The second-order valence-corrected chi connectivity index (χ2v) is 13.4. The lowest BCUT2D eigenvalue weighted by Gasteiger charge is -2.50. The molecule has 0 radical (unpaired) electrons. The molecule has 20 nitrogen and oxygen atoms in total. The molecule has 12 amide bonds. The Labute approximate surface area is 249 Å². The fourth-order valence-electron chi connectivity index (χ4n) is 9.61. The number of nitrogens with zero attached hydrogens (tertiary/aromatic N) is 12. The molecule has 0 aromatic carbocycles. The number of hydrogen-bond donors (Lipinski definition) is 0. The standard InChI is InChI=1S/C24H30N12O8/c1-21-23(3)33-9-43-10-34(23)18(40)30(21)6-26-13-14-27(15(37)25(13)5-29(21)17(33)39)7-31-19(41)35-11-44-12-36-20(42)32(8-28(14)16(26)38)22(31,2)24(35,36)4/h13-14H,5-12H2,1-4H3/t13-,14+,21+,22-,23-,24+. The van der Waals surface area contributed by atoms with Crippen molar-refractivity contribution in [2.24, 2.45) is 0 Å². The zero-order valence-electron chi connectivity index (χ0n) is 24.4. The van der Waals surface area contributed by atoms with E-state index in [2.05, 4.69) is 0 Å². The van der Waals surface area contributed by atoms with E-state index in [1.807, 2.05) is 0 Å². The highest BCUT2D eigenvalue weighted by Gasteiger charge is 2.80. The number of carbonyl (C=O) groups excluding carboxylic acids is 6. The van der Waals surface area contributed by atoms with Crippen molar-refractivity contribution in [3.05, 3.63) is 0 Å². The fourth-order valence-corrected chi connectivity index (χ4v) is 9.61. The van der Waals surface area contributed by atoms with E-state index in [0.29, 0.717) is 0 Å². The average molecular weight is 615 g/mol. The molecule has 10 heterocycles. The monoisotopic (exact) mass is 614 g/mol. The zero-order valence-corrected chi connectivity index (χ0v) is 24.4. The molecule has 0 aliphatic carbocycles. The summed E-state index contributed by atoms with van der Waals surface area (Å²) in [5.74, 6) is 0. The first kappa shape index (κ1) is 24.9. The van der Waals surface area contributed by atoms with Gasteiger partial charge in [-0.1, -0.05) is 0 Å². The molecule has 0 spiro atoms. The molecule has 44 heavy (non-hydrogen) atoms. The molecule has 10 saturated heterocycles. The Bertz CT molecular complexity index is 1360.